The molecule has 0 bridgehead atoms. The summed E-state index contributed by atoms with van der Waals surface area (Å²) in [5.41, 5.74) is 1.57. The van der Waals surface area contributed by atoms with Gasteiger partial charge in [-0.25, -0.2) is 13.2 Å². The van der Waals surface area contributed by atoms with E-state index in [-0.39, 0.29) is 21.9 Å². The molecule has 180 valence electrons. The zero-order chi connectivity index (χ0) is 24.9. The van der Waals surface area contributed by atoms with Crippen LogP contribution < -0.4 is 16.4 Å². The van der Waals surface area contributed by atoms with Gasteiger partial charge in [0.25, 0.3) is 6.43 Å². The number of pyridine rings is 2. The summed E-state index contributed by atoms with van der Waals surface area (Å²) in [7, 11) is 1.67. The molecule has 2 aromatic rings. The van der Waals surface area contributed by atoms with Gasteiger partial charge in [-0.3, -0.25) is 9.79 Å². The Morgan fingerprint density at radius 2 is 1.91 bits per heavy atom. The highest BCUT2D eigenvalue weighted by Gasteiger charge is 2.25. The number of nitrogens with zero attached hydrogens (tertiary/aromatic N) is 5. The van der Waals surface area contributed by atoms with Crippen molar-refractivity contribution in [1.29, 1.82) is 0 Å². The fraction of sp³-hybridized carbons (Fsp3) is 0.250. The second-order valence-corrected chi connectivity index (χ2v) is 8.60. The van der Waals surface area contributed by atoms with Crippen LogP contribution in [0, 0.1) is 5.82 Å². The van der Waals surface area contributed by atoms with Gasteiger partial charge in [0.15, 0.2) is 5.49 Å². The van der Waals surface area contributed by atoms with E-state index in [4.69, 9.17) is 11.6 Å². The van der Waals surface area contributed by atoms with Crippen LogP contribution in [0.5, 0.6) is 0 Å². The van der Waals surface area contributed by atoms with Gasteiger partial charge in [0.05, 0.1) is 17.2 Å². The molecule has 35 heavy (non-hydrogen) atoms. The third-order valence-corrected chi connectivity index (χ3v) is 6.20. The quantitative estimate of drug-likeness (QED) is 0.417. The molecule has 3 aliphatic heterocycles. The normalized spacial score (nSPS) is 14.4. The average molecular weight is 501 g/mol. The molecule has 0 amide bonds. The number of nitrogens with one attached hydrogen (secondary N) is 1. The van der Waals surface area contributed by atoms with E-state index >= 15 is 0 Å². The zero-order valence-electron chi connectivity index (χ0n) is 18.8. The lowest BCUT2D eigenvalue weighted by Gasteiger charge is -2.18. The van der Waals surface area contributed by atoms with Gasteiger partial charge in [0.2, 0.25) is 10.8 Å². The van der Waals surface area contributed by atoms with Gasteiger partial charge in [0, 0.05) is 49.1 Å². The minimum atomic E-state index is -2.94. The van der Waals surface area contributed by atoms with Crippen molar-refractivity contribution < 1.29 is 13.2 Å². The first-order chi connectivity index (χ1) is 16.7. The maximum absolute atomic E-state index is 14.8. The number of alkyl halides is 2. The summed E-state index contributed by atoms with van der Waals surface area (Å²) >= 11 is 6.22. The molecule has 7 nitrogen and oxygen atoms in total. The van der Waals surface area contributed by atoms with Crippen LogP contribution in [0.15, 0.2) is 52.4 Å². The third-order valence-electron chi connectivity index (χ3n) is 6.03. The molecular weight excluding hydrogens is 481 g/mol. The predicted octanol–water partition coefficient (Wildman–Crippen LogP) is 4.57. The van der Waals surface area contributed by atoms with E-state index < -0.39 is 23.8 Å². The highest BCUT2D eigenvalue weighted by atomic mass is 35.5. The van der Waals surface area contributed by atoms with E-state index in [9.17, 15) is 18.0 Å². The topological polar surface area (TPSA) is 77.1 Å². The van der Waals surface area contributed by atoms with Crippen LogP contribution in [0.2, 0.25) is 5.28 Å². The lowest BCUT2D eigenvalue weighted by atomic mass is 10.0. The number of fused-ring (bicyclic) bond motifs is 3. The van der Waals surface area contributed by atoms with Gasteiger partial charge < -0.3 is 14.5 Å². The third kappa shape index (κ3) is 4.07. The van der Waals surface area contributed by atoms with Gasteiger partial charge in [-0.05, 0) is 30.7 Å². The van der Waals surface area contributed by atoms with Crippen molar-refractivity contribution in [3.05, 3.63) is 80.7 Å². The van der Waals surface area contributed by atoms with Crippen LogP contribution in [0.1, 0.15) is 30.5 Å². The summed E-state index contributed by atoms with van der Waals surface area (Å²) in [5.74, 6) is 0.348. The van der Waals surface area contributed by atoms with E-state index in [0.717, 1.165) is 23.0 Å². The molecule has 1 atom stereocenters. The van der Waals surface area contributed by atoms with Crippen LogP contribution in [0.4, 0.5) is 19.0 Å². The van der Waals surface area contributed by atoms with Gasteiger partial charge >= 0.3 is 0 Å². The Labute approximate surface area is 202 Å². The number of halogens is 4. The number of benzene rings is 1. The molecule has 1 aromatic carbocycles. The van der Waals surface area contributed by atoms with Gasteiger partial charge in [0.1, 0.15) is 17.5 Å². The summed E-state index contributed by atoms with van der Waals surface area (Å²) in [4.78, 5) is 25.1. The molecule has 3 aliphatic rings. The summed E-state index contributed by atoms with van der Waals surface area (Å²) in [6.45, 7) is 2.87. The molecule has 11 heteroatoms. The predicted molar refractivity (Wildman–Crippen MR) is 126 cm³/mol. The van der Waals surface area contributed by atoms with E-state index in [1.165, 1.54) is 22.8 Å². The average Bonchev–Trinajstić information content (AvgIpc) is 3.31. The molecule has 1 N–H and O–H groups in total. The first kappa shape index (κ1) is 23.1. The number of rotatable bonds is 4. The summed E-state index contributed by atoms with van der Waals surface area (Å²) < 4.78 is 44.6. The maximum atomic E-state index is 14.8. The minimum Gasteiger partial charge on any atom is -0.369 e. The Morgan fingerprint density at radius 1 is 1.14 bits per heavy atom. The highest BCUT2D eigenvalue weighted by Crippen LogP contribution is 2.36. The SMILES string of the molecule is C[C@@H](N=c1nc(Cl)nc2n3c(c(-c4ccc(=O)n(C)c4)cc1-2)NCC3)c1cccc(C(F)F)c1F. The first-order valence-corrected chi connectivity index (χ1v) is 11.2. The monoisotopic (exact) mass is 500 g/mol. The van der Waals surface area contributed by atoms with Gasteiger partial charge in [-0.15, -0.1) is 0 Å². The van der Waals surface area contributed by atoms with E-state index in [1.54, 1.807) is 26.2 Å². The second kappa shape index (κ2) is 8.84. The molecule has 0 spiro atoms. The zero-order valence-corrected chi connectivity index (χ0v) is 19.5. The van der Waals surface area contributed by atoms with Crippen molar-refractivity contribution in [2.24, 2.45) is 12.0 Å². The lowest BCUT2D eigenvalue weighted by molar-refractivity contribution is 0.146. The largest absolute Gasteiger partial charge is 0.369 e. The number of hydrogen-bond acceptors (Lipinski definition) is 5. The molecule has 1 aromatic heterocycles. The van der Waals surface area contributed by atoms with E-state index in [1.807, 2.05) is 10.6 Å². The van der Waals surface area contributed by atoms with Crippen LogP contribution in [0.3, 0.4) is 0 Å². The van der Waals surface area contributed by atoms with Crippen molar-refractivity contribution in [3.8, 4) is 22.5 Å². The molecule has 0 saturated carbocycles. The number of hydrogen-bond donors (Lipinski definition) is 1. The molecule has 5 rings (SSSR count). The highest BCUT2D eigenvalue weighted by molar-refractivity contribution is 6.28. The molecule has 0 saturated heterocycles. The fourth-order valence-corrected chi connectivity index (χ4v) is 4.46. The Balaban J connectivity index is 1.74. The molecule has 4 heterocycles. The Hall–Kier alpha value is -3.66. The fourth-order valence-electron chi connectivity index (χ4n) is 4.30. The summed E-state index contributed by atoms with van der Waals surface area (Å²) in [6, 6.07) is 8.09. The Morgan fingerprint density at radius 3 is 2.66 bits per heavy atom. The van der Waals surface area contributed by atoms with Crippen molar-refractivity contribution in [2.75, 3.05) is 11.9 Å². The van der Waals surface area contributed by atoms with Crippen LogP contribution in [-0.2, 0) is 13.6 Å². The van der Waals surface area contributed by atoms with Crippen LogP contribution >= 0.6 is 11.6 Å². The standard InChI is InChI=1S/C24H20ClF3N6O/c1-12(14-4-3-5-15(19(14)26)20(27)28)30-21-17-10-16(13-6-7-18(35)33(2)11-13)22-29-8-9-34(22)23(17)32-24(25)31-21/h3-7,10-12,20,29H,8-9H2,1-2H3/t12-/m1/s1. The maximum Gasteiger partial charge on any atom is 0.266 e. The second-order valence-electron chi connectivity index (χ2n) is 8.26. The molecule has 0 radical (unpaired) electrons. The summed E-state index contributed by atoms with van der Waals surface area (Å²) in [5, 5.41) is 3.30. The van der Waals surface area contributed by atoms with Crippen molar-refractivity contribution in [3.63, 3.8) is 0 Å². The van der Waals surface area contributed by atoms with Gasteiger partial charge in [-0.1, -0.05) is 18.2 Å². The van der Waals surface area contributed by atoms with Crippen molar-refractivity contribution >= 4 is 17.4 Å². The molecule has 0 unspecified atom stereocenters. The van der Waals surface area contributed by atoms with Gasteiger partial charge in [-0.2, -0.15) is 9.97 Å². The summed E-state index contributed by atoms with van der Waals surface area (Å²) in [6.07, 6.45) is -1.21. The smallest absolute Gasteiger partial charge is 0.266 e. The Kier molecular flexibility index (Phi) is 5.84. The van der Waals surface area contributed by atoms with E-state index in [2.05, 4.69) is 20.3 Å². The number of anilines is 1. The molecule has 0 fully saturated rings. The minimum absolute atomic E-state index is 0.0273. The Bertz CT molecular complexity index is 1550. The van der Waals surface area contributed by atoms with E-state index in [0.29, 0.717) is 24.5 Å². The van der Waals surface area contributed by atoms with Crippen LogP contribution in [0.25, 0.3) is 22.5 Å². The molecular formula is C24H20ClF3N6O. The van der Waals surface area contributed by atoms with Crippen molar-refractivity contribution in [1.82, 2.24) is 19.1 Å². The first-order valence-electron chi connectivity index (χ1n) is 10.9. The van der Waals surface area contributed by atoms with Crippen LogP contribution in [-0.4, -0.2) is 25.6 Å². The molecule has 0 aliphatic carbocycles. The number of aryl methyl sites for hydroxylation is 1. The number of aromatic nitrogens is 4. The van der Waals surface area contributed by atoms with Crippen molar-refractivity contribution in [2.45, 2.75) is 25.9 Å². The lowest BCUT2D eigenvalue weighted by Crippen LogP contribution is -2.20.